The molecule has 0 unspecified atom stereocenters. The molecule has 2 aromatic heterocycles. The van der Waals surface area contributed by atoms with Crippen LogP contribution in [0.5, 0.6) is 0 Å². The van der Waals surface area contributed by atoms with Crippen LogP contribution >= 0.6 is 11.3 Å². The average Bonchev–Trinajstić information content (AvgIpc) is 2.83. The van der Waals surface area contributed by atoms with Crippen LogP contribution in [0.4, 0.5) is 0 Å². The fraction of sp³-hybridized carbons (Fsp3) is 0.273. The van der Waals surface area contributed by atoms with Crippen molar-refractivity contribution in [2.45, 2.75) is 19.8 Å². The summed E-state index contributed by atoms with van der Waals surface area (Å²) in [5.41, 5.74) is 0. The first-order chi connectivity index (χ1) is 7.65. The minimum atomic E-state index is -0.829. The van der Waals surface area contributed by atoms with Gasteiger partial charge in [-0.1, -0.05) is 0 Å². The quantitative estimate of drug-likeness (QED) is 0.888. The van der Waals surface area contributed by atoms with Gasteiger partial charge in [0.2, 0.25) is 5.89 Å². The lowest BCUT2D eigenvalue weighted by Gasteiger charge is -1.91. The molecular weight excluding hydrogens is 226 g/mol. The van der Waals surface area contributed by atoms with Crippen molar-refractivity contribution in [2.75, 3.05) is 0 Å². The molecule has 0 atom stereocenters. The summed E-state index contributed by atoms with van der Waals surface area (Å²) in [5.74, 6) is 0.354. The zero-order valence-corrected chi connectivity index (χ0v) is 9.58. The Bertz CT molecular complexity index is 501. The molecule has 0 amide bonds. The summed E-state index contributed by atoms with van der Waals surface area (Å²) in [5, 5.41) is 8.54. The molecule has 4 nitrogen and oxygen atoms in total. The molecule has 84 valence electrons. The first-order valence-electron chi connectivity index (χ1n) is 4.88. The molecule has 5 heteroatoms. The smallest absolute Gasteiger partial charge is 0.303 e. The van der Waals surface area contributed by atoms with Crippen LogP contribution in [0.2, 0.25) is 0 Å². The number of nitrogens with zero attached hydrogens (tertiary/aromatic N) is 1. The van der Waals surface area contributed by atoms with Gasteiger partial charge in [0, 0.05) is 11.3 Å². The van der Waals surface area contributed by atoms with Gasteiger partial charge in [0.1, 0.15) is 5.76 Å². The summed E-state index contributed by atoms with van der Waals surface area (Å²) in [7, 11) is 0. The predicted octanol–water partition coefficient (Wildman–Crippen LogP) is 2.73. The van der Waals surface area contributed by atoms with E-state index in [2.05, 4.69) is 4.98 Å². The molecule has 0 aromatic carbocycles. The third kappa shape index (κ3) is 2.49. The van der Waals surface area contributed by atoms with Crippen molar-refractivity contribution in [3.05, 3.63) is 29.0 Å². The second kappa shape index (κ2) is 4.49. The number of hydrogen-bond acceptors (Lipinski definition) is 4. The lowest BCUT2D eigenvalue weighted by molar-refractivity contribution is -0.137. The van der Waals surface area contributed by atoms with Gasteiger partial charge in [-0.25, -0.2) is 4.98 Å². The van der Waals surface area contributed by atoms with Crippen LogP contribution in [0.25, 0.3) is 10.8 Å². The molecule has 2 rings (SSSR count). The van der Waals surface area contributed by atoms with Gasteiger partial charge >= 0.3 is 5.97 Å². The normalized spacial score (nSPS) is 10.6. The fourth-order valence-corrected chi connectivity index (χ4v) is 2.12. The second-order valence-electron chi connectivity index (χ2n) is 3.44. The van der Waals surface area contributed by atoms with Crippen molar-refractivity contribution >= 4 is 17.3 Å². The molecule has 0 bridgehead atoms. The Balaban J connectivity index is 2.10. The number of aryl methyl sites for hydroxylation is 2. The third-order valence-electron chi connectivity index (χ3n) is 2.09. The highest BCUT2D eigenvalue weighted by molar-refractivity contribution is 7.15. The van der Waals surface area contributed by atoms with Crippen LogP contribution in [-0.4, -0.2) is 16.1 Å². The number of aromatic nitrogens is 1. The van der Waals surface area contributed by atoms with Crippen LogP contribution in [0, 0.1) is 6.92 Å². The summed E-state index contributed by atoms with van der Waals surface area (Å²) in [6.45, 7) is 2.02. The van der Waals surface area contributed by atoms with Crippen molar-refractivity contribution in [1.29, 1.82) is 0 Å². The van der Waals surface area contributed by atoms with E-state index in [0.717, 1.165) is 4.88 Å². The maximum absolute atomic E-state index is 10.4. The van der Waals surface area contributed by atoms with Gasteiger partial charge in [0.05, 0.1) is 17.5 Å². The fourth-order valence-electron chi connectivity index (χ4n) is 1.32. The highest BCUT2D eigenvalue weighted by atomic mass is 32.1. The molecule has 0 spiro atoms. The highest BCUT2D eigenvalue weighted by Crippen LogP contribution is 2.27. The Morgan fingerprint density at radius 1 is 1.56 bits per heavy atom. The molecule has 0 saturated heterocycles. The number of carbonyl (C=O) groups is 1. The summed E-state index contributed by atoms with van der Waals surface area (Å²) in [6.07, 6.45) is 2.04. The Morgan fingerprint density at radius 3 is 3.00 bits per heavy atom. The Hall–Kier alpha value is -1.62. The number of carboxylic acid groups (broad SMARTS) is 1. The number of aliphatic carboxylic acids is 1. The molecule has 0 saturated carbocycles. The van der Waals surface area contributed by atoms with Crippen LogP contribution in [0.1, 0.15) is 17.1 Å². The summed E-state index contributed by atoms with van der Waals surface area (Å²) < 4.78 is 5.47. The number of thiophene rings is 1. The van der Waals surface area contributed by atoms with Crippen molar-refractivity contribution in [1.82, 2.24) is 4.98 Å². The number of hydrogen-bond donors (Lipinski definition) is 1. The van der Waals surface area contributed by atoms with Crippen LogP contribution in [0.15, 0.2) is 22.7 Å². The van der Waals surface area contributed by atoms with E-state index in [1.807, 2.05) is 19.1 Å². The van der Waals surface area contributed by atoms with Gasteiger partial charge in [-0.3, -0.25) is 4.79 Å². The molecule has 1 N–H and O–H groups in total. The SMILES string of the molecule is Cc1ccc(-c2ncc(CCC(=O)O)o2)s1. The topological polar surface area (TPSA) is 63.3 Å². The van der Waals surface area contributed by atoms with E-state index in [4.69, 9.17) is 9.52 Å². The standard InChI is InChI=1S/C11H11NO3S/c1-7-2-4-9(16-7)11-12-6-8(15-11)3-5-10(13)14/h2,4,6H,3,5H2,1H3,(H,13,14). The van der Waals surface area contributed by atoms with Gasteiger partial charge in [0.15, 0.2) is 0 Å². The van der Waals surface area contributed by atoms with E-state index in [1.54, 1.807) is 17.5 Å². The van der Waals surface area contributed by atoms with E-state index in [1.165, 1.54) is 4.88 Å². The first kappa shape index (κ1) is 10.9. The predicted molar refractivity (Wildman–Crippen MR) is 60.5 cm³/mol. The van der Waals surface area contributed by atoms with E-state index in [9.17, 15) is 4.79 Å². The molecule has 16 heavy (non-hydrogen) atoms. The average molecular weight is 237 g/mol. The molecule has 0 aliphatic heterocycles. The highest BCUT2D eigenvalue weighted by Gasteiger charge is 2.09. The first-order valence-corrected chi connectivity index (χ1v) is 5.70. The molecular formula is C11H11NO3S. The molecule has 0 aliphatic carbocycles. The lowest BCUT2D eigenvalue weighted by atomic mass is 10.3. The maximum atomic E-state index is 10.4. The lowest BCUT2D eigenvalue weighted by Crippen LogP contribution is -1.96. The summed E-state index contributed by atoms with van der Waals surface area (Å²) in [6, 6.07) is 3.95. The number of carboxylic acids is 1. The van der Waals surface area contributed by atoms with Crippen LogP contribution < -0.4 is 0 Å². The zero-order chi connectivity index (χ0) is 11.5. The Labute approximate surface area is 96.6 Å². The van der Waals surface area contributed by atoms with E-state index in [-0.39, 0.29) is 6.42 Å². The van der Waals surface area contributed by atoms with Gasteiger partial charge in [0.25, 0.3) is 0 Å². The third-order valence-corrected chi connectivity index (χ3v) is 3.08. The summed E-state index contributed by atoms with van der Waals surface area (Å²) >= 11 is 1.61. The van der Waals surface area contributed by atoms with Crippen molar-refractivity contribution in [2.24, 2.45) is 0 Å². The van der Waals surface area contributed by atoms with E-state index in [0.29, 0.717) is 18.1 Å². The van der Waals surface area contributed by atoms with Crippen molar-refractivity contribution in [3.8, 4) is 10.8 Å². The maximum Gasteiger partial charge on any atom is 0.303 e. The van der Waals surface area contributed by atoms with Gasteiger partial charge < -0.3 is 9.52 Å². The van der Waals surface area contributed by atoms with Gasteiger partial charge in [-0.2, -0.15) is 0 Å². The van der Waals surface area contributed by atoms with Crippen molar-refractivity contribution in [3.63, 3.8) is 0 Å². The number of rotatable bonds is 4. The molecule has 2 aromatic rings. The minimum Gasteiger partial charge on any atom is -0.481 e. The minimum absolute atomic E-state index is 0.0676. The second-order valence-corrected chi connectivity index (χ2v) is 4.72. The van der Waals surface area contributed by atoms with Crippen molar-refractivity contribution < 1.29 is 14.3 Å². The monoisotopic (exact) mass is 237 g/mol. The Kier molecular flexibility index (Phi) is 3.05. The molecule has 0 aliphatic rings. The molecule has 0 radical (unpaired) electrons. The van der Waals surface area contributed by atoms with E-state index < -0.39 is 5.97 Å². The van der Waals surface area contributed by atoms with E-state index >= 15 is 0 Å². The van der Waals surface area contributed by atoms with Gasteiger partial charge in [-0.05, 0) is 19.1 Å². The largest absolute Gasteiger partial charge is 0.481 e. The van der Waals surface area contributed by atoms with Gasteiger partial charge in [-0.15, -0.1) is 11.3 Å². The van der Waals surface area contributed by atoms with Crippen LogP contribution in [-0.2, 0) is 11.2 Å². The molecule has 0 fully saturated rings. The number of oxazole rings is 1. The van der Waals surface area contributed by atoms with Crippen LogP contribution in [0.3, 0.4) is 0 Å². The zero-order valence-electron chi connectivity index (χ0n) is 8.77. The molecule has 2 heterocycles. The Morgan fingerprint density at radius 2 is 2.38 bits per heavy atom. The summed E-state index contributed by atoms with van der Waals surface area (Å²) in [4.78, 5) is 16.7.